The lowest BCUT2D eigenvalue weighted by Gasteiger charge is -2.10. The van der Waals surface area contributed by atoms with Gasteiger partial charge in [0.25, 0.3) is 5.56 Å². The maximum atomic E-state index is 12.4. The number of H-pyrrole nitrogens is 1. The molecule has 0 unspecified atom stereocenters. The van der Waals surface area contributed by atoms with Gasteiger partial charge in [0.1, 0.15) is 5.69 Å². The molecule has 1 aromatic carbocycles. The topological polar surface area (TPSA) is 119 Å². The monoisotopic (exact) mass is 423 g/mol. The molecule has 0 radical (unpaired) electrons. The van der Waals surface area contributed by atoms with Gasteiger partial charge in [-0.05, 0) is 37.3 Å². The lowest BCUT2D eigenvalue weighted by molar-refractivity contribution is -0.121. The van der Waals surface area contributed by atoms with E-state index in [1.165, 1.54) is 0 Å². The number of nitrogens with zero attached hydrogens (tertiary/aromatic N) is 3. The fourth-order valence-electron chi connectivity index (χ4n) is 2.94. The Morgan fingerprint density at radius 2 is 2.00 bits per heavy atom. The Morgan fingerprint density at radius 1 is 1.13 bits per heavy atom. The molecule has 0 aliphatic heterocycles. The third-order valence-electron chi connectivity index (χ3n) is 4.52. The van der Waals surface area contributed by atoms with Crippen molar-refractivity contribution < 1.29 is 14.3 Å². The number of aromatic nitrogens is 4. The summed E-state index contributed by atoms with van der Waals surface area (Å²) < 4.78 is 10.8. The maximum absolute atomic E-state index is 12.4. The van der Waals surface area contributed by atoms with Gasteiger partial charge in [-0.15, -0.1) is 10.2 Å². The number of hydrogen-bond donors (Lipinski definition) is 2. The van der Waals surface area contributed by atoms with E-state index < -0.39 is 0 Å². The van der Waals surface area contributed by atoms with Gasteiger partial charge in [-0.2, -0.15) is 0 Å². The summed E-state index contributed by atoms with van der Waals surface area (Å²) >= 11 is 0. The predicted octanol–water partition coefficient (Wildman–Crippen LogP) is 1.93. The van der Waals surface area contributed by atoms with Gasteiger partial charge in [0.05, 0.1) is 13.7 Å². The SMILES string of the molecule is CCOc1ccc(-c2nnc(CCC(=O)NCCc3ccccn3)c(=O)[nH]2)cc1OC. The Morgan fingerprint density at radius 3 is 2.71 bits per heavy atom. The number of carbonyl (C=O) groups excluding carboxylic acids is 1. The number of nitrogens with one attached hydrogen (secondary N) is 2. The van der Waals surface area contributed by atoms with Crippen molar-refractivity contribution in [2.24, 2.45) is 0 Å². The zero-order valence-corrected chi connectivity index (χ0v) is 17.6. The number of pyridine rings is 1. The van der Waals surface area contributed by atoms with Crippen LogP contribution in [0, 0.1) is 0 Å². The predicted molar refractivity (Wildman–Crippen MR) is 115 cm³/mol. The number of aromatic amines is 1. The maximum Gasteiger partial charge on any atom is 0.273 e. The molecule has 0 atom stereocenters. The van der Waals surface area contributed by atoms with E-state index in [1.807, 2.05) is 25.1 Å². The molecule has 0 bridgehead atoms. The first-order chi connectivity index (χ1) is 15.1. The molecule has 9 heteroatoms. The van der Waals surface area contributed by atoms with Crippen molar-refractivity contribution in [3.05, 3.63) is 64.3 Å². The molecule has 0 aliphatic carbocycles. The molecule has 0 spiro atoms. The van der Waals surface area contributed by atoms with Crippen LogP contribution in [0.2, 0.25) is 0 Å². The van der Waals surface area contributed by atoms with Gasteiger partial charge in [-0.1, -0.05) is 6.07 Å². The third-order valence-corrected chi connectivity index (χ3v) is 4.52. The average molecular weight is 423 g/mol. The van der Waals surface area contributed by atoms with Crippen molar-refractivity contribution in [3.8, 4) is 22.9 Å². The molecular formula is C22H25N5O4. The van der Waals surface area contributed by atoms with Crippen molar-refractivity contribution in [1.82, 2.24) is 25.5 Å². The van der Waals surface area contributed by atoms with Crippen LogP contribution in [-0.4, -0.2) is 46.3 Å². The standard InChI is InChI=1S/C22H25N5O4/c1-3-31-18-9-7-15(14-19(18)30-2)21-25-22(29)17(26-27-21)8-10-20(28)24-13-11-16-6-4-5-12-23-16/h4-7,9,12,14H,3,8,10-11,13H2,1-2H3,(H,24,28)(H,25,27,29). The van der Waals surface area contributed by atoms with Gasteiger partial charge in [-0.3, -0.25) is 14.6 Å². The Bertz CT molecular complexity index is 1070. The molecule has 2 heterocycles. The van der Waals surface area contributed by atoms with Gasteiger partial charge >= 0.3 is 0 Å². The lowest BCUT2D eigenvalue weighted by atomic mass is 10.2. The van der Waals surface area contributed by atoms with Crippen LogP contribution >= 0.6 is 0 Å². The summed E-state index contributed by atoms with van der Waals surface area (Å²) in [5.41, 5.74) is 1.39. The van der Waals surface area contributed by atoms with Crippen LogP contribution in [0.15, 0.2) is 47.4 Å². The van der Waals surface area contributed by atoms with Crippen LogP contribution < -0.4 is 20.3 Å². The number of amides is 1. The second kappa shape index (κ2) is 10.9. The number of hydrogen-bond acceptors (Lipinski definition) is 7. The third kappa shape index (κ3) is 6.11. The second-order valence-electron chi connectivity index (χ2n) is 6.67. The van der Waals surface area contributed by atoms with E-state index in [2.05, 4.69) is 25.5 Å². The summed E-state index contributed by atoms with van der Waals surface area (Å²) in [6.07, 6.45) is 2.71. The first kappa shape index (κ1) is 21.9. The van der Waals surface area contributed by atoms with Crippen molar-refractivity contribution >= 4 is 5.91 Å². The van der Waals surface area contributed by atoms with Gasteiger partial charge < -0.3 is 19.8 Å². The summed E-state index contributed by atoms with van der Waals surface area (Å²) in [6.45, 7) is 2.88. The highest BCUT2D eigenvalue weighted by Crippen LogP contribution is 2.30. The molecule has 3 rings (SSSR count). The normalized spacial score (nSPS) is 10.5. The van der Waals surface area contributed by atoms with Crippen molar-refractivity contribution in [1.29, 1.82) is 0 Å². The zero-order chi connectivity index (χ0) is 22.1. The number of carbonyl (C=O) groups is 1. The Balaban J connectivity index is 1.57. The van der Waals surface area contributed by atoms with Crippen LogP contribution in [0.4, 0.5) is 0 Å². The molecule has 0 fully saturated rings. The molecule has 2 N–H and O–H groups in total. The Labute approximate surface area is 179 Å². The first-order valence-corrected chi connectivity index (χ1v) is 10.0. The number of methoxy groups -OCH3 is 1. The van der Waals surface area contributed by atoms with Crippen molar-refractivity contribution in [2.75, 3.05) is 20.3 Å². The van der Waals surface area contributed by atoms with E-state index in [9.17, 15) is 9.59 Å². The molecule has 0 aliphatic rings. The van der Waals surface area contributed by atoms with E-state index >= 15 is 0 Å². The zero-order valence-electron chi connectivity index (χ0n) is 17.6. The van der Waals surface area contributed by atoms with Crippen molar-refractivity contribution in [3.63, 3.8) is 0 Å². The average Bonchev–Trinajstić information content (AvgIpc) is 2.79. The van der Waals surface area contributed by atoms with Gasteiger partial charge in [0.2, 0.25) is 5.91 Å². The quantitative estimate of drug-likeness (QED) is 0.511. The van der Waals surface area contributed by atoms with Crippen LogP contribution in [0.5, 0.6) is 11.5 Å². The summed E-state index contributed by atoms with van der Waals surface area (Å²) in [6, 6.07) is 10.9. The Hall–Kier alpha value is -3.75. The molecule has 2 aromatic heterocycles. The molecule has 162 valence electrons. The molecule has 3 aromatic rings. The minimum Gasteiger partial charge on any atom is -0.493 e. The highest BCUT2D eigenvalue weighted by Gasteiger charge is 2.12. The first-order valence-electron chi connectivity index (χ1n) is 10.0. The second-order valence-corrected chi connectivity index (χ2v) is 6.67. The minimum absolute atomic E-state index is 0.149. The molecular weight excluding hydrogens is 398 g/mol. The van der Waals surface area contributed by atoms with Gasteiger partial charge in [-0.25, -0.2) is 0 Å². The molecule has 0 saturated carbocycles. The summed E-state index contributed by atoms with van der Waals surface area (Å²) in [4.78, 5) is 31.4. The smallest absolute Gasteiger partial charge is 0.273 e. The Kier molecular flexibility index (Phi) is 7.69. The molecule has 31 heavy (non-hydrogen) atoms. The molecule has 0 saturated heterocycles. The van der Waals surface area contributed by atoms with Crippen LogP contribution in [-0.2, 0) is 17.6 Å². The number of ether oxygens (including phenoxy) is 2. The summed E-state index contributed by atoms with van der Waals surface area (Å²) in [7, 11) is 1.54. The van der Waals surface area contributed by atoms with Gasteiger partial charge in [0, 0.05) is 43.3 Å². The van der Waals surface area contributed by atoms with E-state index in [-0.39, 0.29) is 30.0 Å². The number of benzene rings is 1. The van der Waals surface area contributed by atoms with E-state index in [4.69, 9.17) is 9.47 Å². The molecule has 1 amide bonds. The largest absolute Gasteiger partial charge is 0.493 e. The van der Waals surface area contributed by atoms with Crippen LogP contribution in [0.1, 0.15) is 24.7 Å². The highest BCUT2D eigenvalue weighted by molar-refractivity contribution is 5.76. The van der Waals surface area contributed by atoms with E-state index in [0.717, 1.165) is 5.69 Å². The number of rotatable bonds is 10. The van der Waals surface area contributed by atoms with E-state index in [1.54, 1.807) is 31.5 Å². The van der Waals surface area contributed by atoms with Crippen LogP contribution in [0.3, 0.4) is 0 Å². The summed E-state index contributed by atoms with van der Waals surface area (Å²) in [5, 5.41) is 10.9. The highest BCUT2D eigenvalue weighted by atomic mass is 16.5. The van der Waals surface area contributed by atoms with Crippen molar-refractivity contribution in [2.45, 2.75) is 26.2 Å². The number of aryl methyl sites for hydroxylation is 1. The minimum atomic E-state index is -0.376. The van der Waals surface area contributed by atoms with Gasteiger partial charge in [0.15, 0.2) is 17.3 Å². The summed E-state index contributed by atoms with van der Waals surface area (Å²) in [5.74, 6) is 1.30. The fourth-order valence-corrected chi connectivity index (χ4v) is 2.94. The molecule has 9 nitrogen and oxygen atoms in total. The lowest BCUT2D eigenvalue weighted by Crippen LogP contribution is -2.27. The fraction of sp³-hybridized carbons (Fsp3) is 0.318. The van der Waals surface area contributed by atoms with E-state index in [0.29, 0.717) is 42.5 Å². The van der Waals surface area contributed by atoms with Crippen LogP contribution in [0.25, 0.3) is 11.4 Å².